The highest BCUT2D eigenvalue weighted by atomic mass is 35.5. The molecule has 0 radical (unpaired) electrons. The Hall–Kier alpha value is -2.08. The molecule has 1 aliphatic rings. The summed E-state index contributed by atoms with van der Waals surface area (Å²) in [6, 6.07) is 4.13. The average Bonchev–Trinajstić information content (AvgIpc) is 3.18. The van der Waals surface area contributed by atoms with Crippen LogP contribution in [0, 0.1) is 11.3 Å². The number of aromatic nitrogens is 5. The van der Waals surface area contributed by atoms with E-state index < -0.39 is 0 Å². The predicted molar refractivity (Wildman–Crippen MR) is 98.0 cm³/mol. The number of rotatable bonds is 5. The summed E-state index contributed by atoms with van der Waals surface area (Å²) in [4.78, 5) is 11.6. The van der Waals surface area contributed by atoms with Gasteiger partial charge in [-0.05, 0) is 6.07 Å². The number of nitrogens with zero attached hydrogens (tertiary/aromatic N) is 6. The number of H-pyrrole nitrogens is 1. The van der Waals surface area contributed by atoms with Crippen LogP contribution in [-0.2, 0) is 5.54 Å². The second kappa shape index (κ2) is 6.33. The molecule has 25 heavy (non-hydrogen) atoms. The minimum Gasteiger partial charge on any atom is -0.330 e. The maximum Gasteiger partial charge on any atom is 0.142 e. The predicted octanol–water partition coefficient (Wildman–Crippen LogP) is 3.07. The molecule has 0 amide bonds. The molecule has 7 nitrogen and oxygen atoms in total. The number of nitrogens with one attached hydrogen (secondary N) is 1. The summed E-state index contributed by atoms with van der Waals surface area (Å²) in [6.45, 7) is 3.76. The van der Waals surface area contributed by atoms with Crippen molar-refractivity contribution in [2.45, 2.75) is 18.9 Å². The van der Waals surface area contributed by atoms with E-state index in [0.717, 1.165) is 35.5 Å². The van der Waals surface area contributed by atoms with Crippen molar-refractivity contribution in [2.75, 3.05) is 18.8 Å². The van der Waals surface area contributed by atoms with E-state index in [1.54, 1.807) is 18.1 Å². The molecule has 3 aromatic heterocycles. The molecule has 1 fully saturated rings. The Bertz CT molecular complexity index is 951. The molecule has 1 N–H and O–H groups in total. The summed E-state index contributed by atoms with van der Waals surface area (Å²) in [6.07, 6.45) is 5.70. The van der Waals surface area contributed by atoms with Gasteiger partial charge < -0.3 is 4.98 Å². The van der Waals surface area contributed by atoms with E-state index >= 15 is 0 Å². The van der Waals surface area contributed by atoms with Gasteiger partial charge in [-0.2, -0.15) is 10.4 Å². The number of hydrogen-bond acceptors (Lipinski definition) is 6. The molecule has 1 saturated heterocycles. The Morgan fingerprint density at radius 1 is 1.44 bits per heavy atom. The molecule has 4 heterocycles. The molecule has 0 bridgehead atoms. The van der Waals surface area contributed by atoms with E-state index in [0.29, 0.717) is 17.2 Å². The standard InChI is InChI=1S/C16H16ClN7S/c1-2-25-23-8-16(9-23,3-4-18)24-7-11(6-21-24)14-12-5-13(17)22-15(12)20-10-19-14/h5-7,10H,2-3,8-9H2,1H3,(H,19,20,22). The van der Waals surface area contributed by atoms with Gasteiger partial charge in [0.05, 0.1) is 24.4 Å². The van der Waals surface area contributed by atoms with E-state index in [-0.39, 0.29) is 5.54 Å². The van der Waals surface area contributed by atoms with Crippen LogP contribution in [0.3, 0.4) is 0 Å². The number of fused-ring (bicyclic) bond motifs is 1. The summed E-state index contributed by atoms with van der Waals surface area (Å²) < 4.78 is 4.19. The van der Waals surface area contributed by atoms with E-state index in [1.807, 2.05) is 16.9 Å². The zero-order valence-corrected chi connectivity index (χ0v) is 15.2. The Kier molecular flexibility index (Phi) is 4.15. The van der Waals surface area contributed by atoms with Crippen molar-refractivity contribution in [3.63, 3.8) is 0 Å². The number of hydrogen-bond donors (Lipinski definition) is 1. The van der Waals surface area contributed by atoms with Crippen LogP contribution in [0.2, 0.25) is 5.15 Å². The van der Waals surface area contributed by atoms with Crippen LogP contribution in [-0.4, -0.2) is 47.9 Å². The van der Waals surface area contributed by atoms with E-state index in [9.17, 15) is 5.26 Å². The molecular weight excluding hydrogens is 358 g/mol. The fourth-order valence-corrected chi connectivity index (χ4v) is 4.44. The molecule has 3 aromatic rings. The zero-order valence-electron chi connectivity index (χ0n) is 13.6. The highest BCUT2D eigenvalue weighted by Crippen LogP contribution is 2.37. The number of aromatic amines is 1. The monoisotopic (exact) mass is 373 g/mol. The van der Waals surface area contributed by atoms with Crippen molar-refractivity contribution in [1.82, 2.24) is 29.0 Å². The van der Waals surface area contributed by atoms with Gasteiger partial charge in [-0.15, -0.1) is 0 Å². The lowest BCUT2D eigenvalue weighted by Crippen LogP contribution is -2.60. The highest BCUT2D eigenvalue weighted by Gasteiger charge is 2.45. The van der Waals surface area contributed by atoms with Gasteiger partial charge in [0.15, 0.2) is 0 Å². The molecule has 0 spiro atoms. The van der Waals surface area contributed by atoms with Crippen molar-refractivity contribution < 1.29 is 0 Å². The van der Waals surface area contributed by atoms with Gasteiger partial charge in [0.25, 0.3) is 0 Å². The maximum atomic E-state index is 9.26. The van der Waals surface area contributed by atoms with Gasteiger partial charge in [0.1, 0.15) is 22.7 Å². The topological polar surface area (TPSA) is 86.4 Å². The largest absolute Gasteiger partial charge is 0.330 e. The number of halogens is 1. The molecule has 0 unspecified atom stereocenters. The SMILES string of the molecule is CCSN1CC(CC#N)(n2cc(-c3ncnc4[nH]c(Cl)cc34)cn2)C1. The third-order valence-corrected chi connectivity index (χ3v) is 5.48. The Morgan fingerprint density at radius 2 is 2.28 bits per heavy atom. The van der Waals surface area contributed by atoms with Gasteiger partial charge in [-0.25, -0.2) is 14.3 Å². The Balaban J connectivity index is 1.68. The van der Waals surface area contributed by atoms with Crippen LogP contribution in [0.1, 0.15) is 13.3 Å². The van der Waals surface area contributed by atoms with Crippen LogP contribution < -0.4 is 0 Å². The smallest absolute Gasteiger partial charge is 0.142 e. The number of nitriles is 1. The molecule has 128 valence electrons. The van der Waals surface area contributed by atoms with Gasteiger partial charge >= 0.3 is 0 Å². The molecule has 1 aliphatic heterocycles. The van der Waals surface area contributed by atoms with E-state index in [2.05, 4.69) is 37.3 Å². The van der Waals surface area contributed by atoms with Gasteiger partial charge in [-0.3, -0.25) is 4.68 Å². The van der Waals surface area contributed by atoms with Crippen molar-refractivity contribution in [2.24, 2.45) is 0 Å². The van der Waals surface area contributed by atoms with Crippen LogP contribution in [0.5, 0.6) is 0 Å². The van der Waals surface area contributed by atoms with Crippen molar-refractivity contribution in [1.29, 1.82) is 5.26 Å². The lowest BCUT2D eigenvalue weighted by molar-refractivity contribution is 0.0812. The van der Waals surface area contributed by atoms with Gasteiger partial charge in [0, 0.05) is 36.0 Å². The average molecular weight is 374 g/mol. The molecule has 0 saturated carbocycles. The maximum absolute atomic E-state index is 9.26. The second-order valence-electron chi connectivity index (χ2n) is 6.05. The minimum absolute atomic E-state index is 0.267. The van der Waals surface area contributed by atoms with Crippen LogP contribution in [0.4, 0.5) is 0 Å². The van der Waals surface area contributed by atoms with Gasteiger partial charge in [0.2, 0.25) is 0 Å². The molecule has 0 aliphatic carbocycles. The normalized spacial score (nSPS) is 16.7. The minimum atomic E-state index is -0.267. The first-order chi connectivity index (χ1) is 12.1. The highest BCUT2D eigenvalue weighted by molar-refractivity contribution is 7.97. The van der Waals surface area contributed by atoms with E-state index in [1.165, 1.54) is 6.33 Å². The molecule has 0 atom stereocenters. The lowest BCUT2D eigenvalue weighted by atomic mass is 9.89. The van der Waals surface area contributed by atoms with Crippen LogP contribution in [0.15, 0.2) is 24.8 Å². The Labute approximate surface area is 154 Å². The quantitative estimate of drug-likeness (QED) is 0.691. The fraction of sp³-hybridized carbons (Fsp3) is 0.375. The van der Waals surface area contributed by atoms with Crippen molar-refractivity contribution in [3.05, 3.63) is 29.9 Å². The summed E-state index contributed by atoms with van der Waals surface area (Å²) in [5, 5.41) is 15.2. The van der Waals surface area contributed by atoms with Crippen LogP contribution in [0.25, 0.3) is 22.3 Å². The zero-order chi connectivity index (χ0) is 17.4. The summed E-state index contributed by atoms with van der Waals surface area (Å²) in [5.41, 5.74) is 2.10. The summed E-state index contributed by atoms with van der Waals surface area (Å²) in [5.74, 6) is 1.03. The molecule has 0 aromatic carbocycles. The Morgan fingerprint density at radius 3 is 3.04 bits per heavy atom. The first kappa shape index (κ1) is 16.4. The summed E-state index contributed by atoms with van der Waals surface area (Å²) >= 11 is 7.84. The second-order valence-corrected chi connectivity index (χ2v) is 7.81. The fourth-order valence-electron chi connectivity index (χ4n) is 3.21. The first-order valence-electron chi connectivity index (χ1n) is 7.95. The van der Waals surface area contributed by atoms with Crippen LogP contribution >= 0.6 is 23.5 Å². The van der Waals surface area contributed by atoms with Crippen molar-refractivity contribution >= 4 is 34.6 Å². The first-order valence-corrected chi connectivity index (χ1v) is 9.27. The molecular formula is C16H16ClN7S. The molecule has 4 rings (SSSR count). The lowest BCUT2D eigenvalue weighted by Gasteiger charge is -2.48. The molecule has 9 heteroatoms. The third kappa shape index (κ3) is 2.78. The van der Waals surface area contributed by atoms with Crippen molar-refractivity contribution in [3.8, 4) is 17.3 Å². The van der Waals surface area contributed by atoms with E-state index in [4.69, 9.17) is 11.6 Å². The van der Waals surface area contributed by atoms with Gasteiger partial charge in [-0.1, -0.05) is 30.5 Å². The summed E-state index contributed by atoms with van der Waals surface area (Å²) in [7, 11) is 0. The third-order valence-electron chi connectivity index (χ3n) is 4.40.